The average molecular weight is 387 g/mol. The maximum Gasteiger partial charge on any atom is 0.243 e. The topological polar surface area (TPSA) is 66.5 Å². The normalized spacial score (nSPS) is 26.0. The van der Waals surface area contributed by atoms with Crippen LogP contribution in [-0.2, 0) is 14.8 Å². The largest absolute Gasteiger partial charge is 0.337 e. The summed E-state index contributed by atoms with van der Waals surface area (Å²) in [4.78, 5) is 14.1. The van der Waals surface area contributed by atoms with Crippen molar-refractivity contribution in [2.75, 3.05) is 12.8 Å². The molecule has 1 aromatic carbocycles. The lowest BCUT2D eigenvalue weighted by Crippen LogP contribution is -2.48. The summed E-state index contributed by atoms with van der Waals surface area (Å²) in [7, 11) is -3.94. The van der Waals surface area contributed by atoms with E-state index in [9.17, 15) is 17.6 Å². The van der Waals surface area contributed by atoms with E-state index in [1.54, 1.807) is 0 Å². The number of piperidine rings is 1. The molecule has 2 saturated heterocycles. The van der Waals surface area contributed by atoms with Gasteiger partial charge in [0.1, 0.15) is 10.7 Å². The lowest BCUT2D eigenvalue weighted by molar-refractivity contribution is -0.135. The predicted octanol–water partition coefficient (Wildman–Crippen LogP) is 2.38. The van der Waals surface area contributed by atoms with Gasteiger partial charge in [-0.05, 0) is 44.1 Å². The summed E-state index contributed by atoms with van der Waals surface area (Å²) in [5, 5.41) is 0.612. The zero-order chi connectivity index (χ0) is 18.0. The molecule has 2 atom stereocenters. The van der Waals surface area contributed by atoms with Crippen molar-refractivity contribution in [3.05, 3.63) is 30.1 Å². The van der Waals surface area contributed by atoms with Gasteiger partial charge in [0, 0.05) is 30.3 Å². The average Bonchev–Trinajstić information content (AvgIpc) is 2.85. The second kappa shape index (κ2) is 7.63. The highest BCUT2D eigenvalue weighted by Gasteiger charge is 2.42. The number of sulfonamides is 1. The quantitative estimate of drug-likeness (QED) is 0.815. The SMILES string of the molecule is CSC1CC2CCC(C1)N2C(=O)CCNS(=O)(=O)c1ccccc1F. The van der Waals surface area contributed by atoms with Crippen molar-refractivity contribution >= 4 is 27.7 Å². The van der Waals surface area contributed by atoms with E-state index in [1.165, 1.54) is 18.2 Å². The van der Waals surface area contributed by atoms with E-state index in [1.807, 2.05) is 16.7 Å². The third kappa shape index (κ3) is 4.01. The van der Waals surface area contributed by atoms with Crippen LogP contribution >= 0.6 is 11.8 Å². The van der Waals surface area contributed by atoms with Gasteiger partial charge in [0.25, 0.3) is 0 Å². The van der Waals surface area contributed by atoms with Gasteiger partial charge in [-0.1, -0.05) is 12.1 Å². The number of hydrogen-bond donors (Lipinski definition) is 1. The number of halogens is 1. The Morgan fingerprint density at radius 1 is 1.28 bits per heavy atom. The predicted molar refractivity (Wildman–Crippen MR) is 96.4 cm³/mol. The molecule has 0 spiro atoms. The number of nitrogens with zero attached hydrogens (tertiary/aromatic N) is 1. The van der Waals surface area contributed by atoms with Crippen molar-refractivity contribution in [3.63, 3.8) is 0 Å². The minimum atomic E-state index is -3.94. The van der Waals surface area contributed by atoms with Crippen molar-refractivity contribution in [1.29, 1.82) is 0 Å². The molecule has 1 amide bonds. The maximum atomic E-state index is 13.6. The lowest BCUT2D eigenvalue weighted by atomic mass is 10.0. The van der Waals surface area contributed by atoms with E-state index in [0.29, 0.717) is 5.25 Å². The number of carbonyl (C=O) groups excluding carboxylic acids is 1. The molecule has 1 N–H and O–H groups in total. The van der Waals surface area contributed by atoms with E-state index in [-0.39, 0.29) is 35.9 Å². The zero-order valence-electron chi connectivity index (χ0n) is 14.2. The van der Waals surface area contributed by atoms with Gasteiger partial charge in [-0.25, -0.2) is 17.5 Å². The first-order chi connectivity index (χ1) is 11.9. The standard InChI is InChI=1S/C17H23FN2O3S2/c1-24-14-10-12-6-7-13(11-14)20(12)17(21)8-9-19-25(22,23)16-5-3-2-4-15(16)18/h2-5,12-14,19H,6-11H2,1H3. The number of hydrogen-bond acceptors (Lipinski definition) is 4. The number of amides is 1. The second-order valence-corrected chi connectivity index (χ2v) is 9.47. The fourth-order valence-electron chi connectivity index (χ4n) is 3.89. The molecule has 2 bridgehead atoms. The lowest BCUT2D eigenvalue weighted by Gasteiger charge is -2.38. The van der Waals surface area contributed by atoms with Crippen molar-refractivity contribution < 1.29 is 17.6 Å². The highest BCUT2D eigenvalue weighted by atomic mass is 32.2. The molecule has 0 radical (unpaired) electrons. The van der Waals surface area contributed by atoms with Gasteiger partial charge in [-0.2, -0.15) is 11.8 Å². The Bertz CT molecular complexity index is 727. The highest BCUT2D eigenvalue weighted by molar-refractivity contribution is 7.99. The molecular formula is C17H23FN2O3S2. The number of thioether (sulfide) groups is 1. The monoisotopic (exact) mass is 386 g/mol. The zero-order valence-corrected chi connectivity index (χ0v) is 15.8. The second-order valence-electron chi connectivity index (χ2n) is 6.59. The molecule has 8 heteroatoms. The summed E-state index contributed by atoms with van der Waals surface area (Å²) in [5.74, 6) is -0.804. The van der Waals surface area contributed by atoms with Crippen LogP contribution in [0.25, 0.3) is 0 Å². The summed E-state index contributed by atoms with van der Waals surface area (Å²) < 4.78 is 40.3. The van der Waals surface area contributed by atoms with Gasteiger partial charge in [-0.15, -0.1) is 0 Å². The Hall–Kier alpha value is -1.12. The Morgan fingerprint density at radius 3 is 2.52 bits per heavy atom. The first-order valence-electron chi connectivity index (χ1n) is 8.50. The first kappa shape index (κ1) is 18.7. The molecule has 0 saturated carbocycles. The van der Waals surface area contributed by atoms with Crippen LogP contribution in [0.5, 0.6) is 0 Å². The van der Waals surface area contributed by atoms with Crippen LogP contribution in [0.2, 0.25) is 0 Å². The van der Waals surface area contributed by atoms with Crippen molar-refractivity contribution in [2.45, 2.75) is 54.3 Å². The van der Waals surface area contributed by atoms with Gasteiger partial charge in [-0.3, -0.25) is 4.79 Å². The summed E-state index contributed by atoms with van der Waals surface area (Å²) in [6, 6.07) is 5.79. The minimum absolute atomic E-state index is 0.0108. The summed E-state index contributed by atoms with van der Waals surface area (Å²) in [6.07, 6.45) is 6.32. The molecule has 5 nitrogen and oxygen atoms in total. The number of benzene rings is 1. The van der Waals surface area contributed by atoms with Crippen molar-refractivity contribution in [1.82, 2.24) is 9.62 Å². The Kier molecular flexibility index (Phi) is 5.70. The fourth-order valence-corrected chi connectivity index (χ4v) is 5.83. The van der Waals surface area contributed by atoms with Gasteiger partial charge >= 0.3 is 0 Å². The fraction of sp³-hybridized carbons (Fsp3) is 0.588. The molecule has 0 aromatic heterocycles. The molecule has 138 valence electrons. The van der Waals surface area contributed by atoms with Crippen LogP contribution in [0.1, 0.15) is 32.1 Å². The van der Waals surface area contributed by atoms with Gasteiger partial charge in [0.15, 0.2) is 0 Å². The van der Waals surface area contributed by atoms with Gasteiger partial charge in [0.05, 0.1) is 0 Å². The Morgan fingerprint density at radius 2 is 1.92 bits per heavy atom. The molecule has 25 heavy (non-hydrogen) atoms. The smallest absolute Gasteiger partial charge is 0.243 e. The first-order valence-corrected chi connectivity index (χ1v) is 11.3. The van der Waals surface area contributed by atoms with Gasteiger partial charge in [0.2, 0.25) is 15.9 Å². The molecule has 2 aliphatic rings. The number of nitrogens with one attached hydrogen (secondary N) is 1. The maximum absolute atomic E-state index is 13.6. The van der Waals surface area contributed by atoms with Crippen LogP contribution < -0.4 is 4.72 Å². The van der Waals surface area contributed by atoms with Crippen molar-refractivity contribution in [3.8, 4) is 0 Å². The number of fused-ring (bicyclic) bond motifs is 2. The van der Waals surface area contributed by atoms with Crippen LogP contribution in [0.3, 0.4) is 0 Å². The third-order valence-corrected chi connectivity index (χ3v) is 7.61. The molecule has 3 rings (SSSR count). The number of rotatable bonds is 6. The molecule has 2 unspecified atom stereocenters. The third-order valence-electron chi connectivity index (χ3n) is 5.07. The summed E-state index contributed by atoms with van der Waals surface area (Å²) in [5.41, 5.74) is 0. The molecule has 0 aliphatic carbocycles. The Balaban J connectivity index is 1.56. The molecule has 2 aliphatic heterocycles. The van der Waals surface area contributed by atoms with E-state index < -0.39 is 15.8 Å². The summed E-state index contributed by atoms with van der Waals surface area (Å²) in [6.45, 7) is -0.0165. The van der Waals surface area contributed by atoms with E-state index >= 15 is 0 Å². The van der Waals surface area contributed by atoms with Crippen LogP contribution in [0.4, 0.5) is 4.39 Å². The van der Waals surface area contributed by atoms with Gasteiger partial charge < -0.3 is 4.90 Å². The van der Waals surface area contributed by atoms with E-state index in [2.05, 4.69) is 11.0 Å². The van der Waals surface area contributed by atoms with Crippen molar-refractivity contribution in [2.24, 2.45) is 0 Å². The molecule has 2 heterocycles. The van der Waals surface area contributed by atoms with Crippen LogP contribution in [-0.4, -0.2) is 49.4 Å². The molecule has 2 fully saturated rings. The Labute approximate surface area is 152 Å². The highest BCUT2D eigenvalue weighted by Crippen LogP contribution is 2.39. The van der Waals surface area contributed by atoms with E-state index in [0.717, 1.165) is 31.7 Å². The molecule has 1 aromatic rings. The van der Waals surface area contributed by atoms with Crippen LogP contribution in [0, 0.1) is 5.82 Å². The van der Waals surface area contributed by atoms with Crippen LogP contribution in [0.15, 0.2) is 29.2 Å². The molecular weight excluding hydrogens is 363 g/mol. The summed E-state index contributed by atoms with van der Waals surface area (Å²) >= 11 is 1.86. The number of carbonyl (C=O) groups is 1. The van der Waals surface area contributed by atoms with E-state index in [4.69, 9.17) is 0 Å². The minimum Gasteiger partial charge on any atom is -0.337 e.